The topological polar surface area (TPSA) is 80.9 Å². The van der Waals surface area contributed by atoms with Crippen molar-refractivity contribution in [3.63, 3.8) is 0 Å². The Balaban J connectivity index is 1.90. The van der Waals surface area contributed by atoms with E-state index in [0.717, 1.165) is 10.9 Å². The number of carbonyl (C=O) groups excluding carboxylic acids is 1. The molecule has 0 aliphatic carbocycles. The van der Waals surface area contributed by atoms with Gasteiger partial charge in [-0.2, -0.15) is 0 Å². The first-order chi connectivity index (χ1) is 10.1. The number of hydrogen-bond donors (Lipinski definition) is 2. The van der Waals surface area contributed by atoms with E-state index >= 15 is 0 Å². The number of nitrogens with zero attached hydrogens (tertiary/aromatic N) is 2. The zero-order chi connectivity index (χ0) is 14.8. The van der Waals surface area contributed by atoms with E-state index in [9.17, 15) is 4.79 Å². The second kappa shape index (κ2) is 5.38. The fraction of sp³-hybridized carbons (Fsp3) is 0. The molecule has 0 aliphatic rings. The van der Waals surface area contributed by atoms with Crippen molar-refractivity contribution in [3.05, 3.63) is 59.4 Å². The molecule has 0 unspecified atom stereocenters. The van der Waals surface area contributed by atoms with Crippen LogP contribution in [0.25, 0.3) is 10.9 Å². The van der Waals surface area contributed by atoms with Gasteiger partial charge in [0.15, 0.2) is 0 Å². The summed E-state index contributed by atoms with van der Waals surface area (Å²) in [5.41, 5.74) is 7.08. The zero-order valence-corrected chi connectivity index (χ0v) is 11.6. The van der Waals surface area contributed by atoms with E-state index in [-0.39, 0.29) is 16.5 Å². The number of fused-ring (bicyclic) bond motifs is 1. The Bertz CT molecular complexity index is 835. The largest absolute Gasteiger partial charge is 0.384 e. The summed E-state index contributed by atoms with van der Waals surface area (Å²) in [7, 11) is 0. The van der Waals surface area contributed by atoms with Crippen LogP contribution < -0.4 is 11.1 Å². The molecule has 0 bridgehead atoms. The van der Waals surface area contributed by atoms with Crippen LogP contribution in [0, 0.1) is 0 Å². The molecular weight excluding hydrogens is 288 g/mol. The Morgan fingerprint density at radius 3 is 2.86 bits per heavy atom. The molecule has 21 heavy (non-hydrogen) atoms. The van der Waals surface area contributed by atoms with Crippen molar-refractivity contribution in [1.29, 1.82) is 0 Å². The highest BCUT2D eigenvalue weighted by Crippen LogP contribution is 2.19. The molecule has 6 heteroatoms. The lowest BCUT2D eigenvalue weighted by molar-refractivity contribution is 0.102. The number of halogens is 1. The molecule has 0 aliphatic heterocycles. The molecule has 0 atom stereocenters. The van der Waals surface area contributed by atoms with E-state index in [2.05, 4.69) is 15.3 Å². The van der Waals surface area contributed by atoms with Gasteiger partial charge < -0.3 is 11.1 Å². The van der Waals surface area contributed by atoms with Crippen molar-refractivity contribution < 1.29 is 4.79 Å². The molecule has 0 saturated carbocycles. The Morgan fingerprint density at radius 1 is 1.19 bits per heavy atom. The van der Waals surface area contributed by atoms with Gasteiger partial charge in [-0.15, -0.1) is 0 Å². The summed E-state index contributed by atoms with van der Waals surface area (Å²) >= 11 is 5.96. The Morgan fingerprint density at radius 2 is 2.00 bits per heavy atom. The summed E-state index contributed by atoms with van der Waals surface area (Å²) in [6, 6.07) is 12.5. The first kappa shape index (κ1) is 13.3. The third-order valence-electron chi connectivity index (χ3n) is 2.93. The summed E-state index contributed by atoms with van der Waals surface area (Å²) in [5, 5.41) is 3.89. The van der Waals surface area contributed by atoms with Crippen LogP contribution in [0.5, 0.6) is 0 Å². The second-order valence-electron chi connectivity index (χ2n) is 4.44. The number of rotatable bonds is 2. The van der Waals surface area contributed by atoms with E-state index in [1.807, 2.05) is 30.3 Å². The summed E-state index contributed by atoms with van der Waals surface area (Å²) in [6.45, 7) is 0. The molecule has 3 rings (SSSR count). The van der Waals surface area contributed by atoms with Crippen LogP contribution in [0.4, 0.5) is 11.5 Å². The SMILES string of the molecule is Nc1ccc(Cl)c(C(=O)Nc2cnc3ccccc3c2)n1. The first-order valence-electron chi connectivity index (χ1n) is 6.21. The molecule has 2 aromatic heterocycles. The number of nitrogens with one attached hydrogen (secondary N) is 1. The molecule has 0 fully saturated rings. The third kappa shape index (κ3) is 2.78. The van der Waals surface area contributed by atoms with Crippen molar-refractivity contribution in [1.82, 2.24) is 9.97 Å². The first-order valence-corrected chi connectivity index (χ1v) is 6.59. The maximum Gasteiger partial charge on any atom is 0.275 e. The van der Waals surface area contributed by atoms with Crippen molar-refractivity contribution in [2.45, 2.75) is 0 Å². The van der Waals surface area contributed by atoms with Crippen LogP contribution >= 0.6 is 11.6 Å². The predicted octanol–water partition coefficient (Wildman–Crippen LogP) is 3.12. The van der Waals surface area contributed by atoms with Gasteiger partial charge in [0.25, 0.3) is 5.91 Å². The number of nitrogen functional groups attached to an aromatic ring is 1. The van der Waals surface area contributed by atoms with Gasteiger partial charge in [-0.1, -0.05) is 29.8 Å². The van der Waals surface area contributed by atoms with Crippen LogP contribution in [-0.4, -0.2) is 15.9 Å². The van der Waals surface area contributed by atoms with E-state index < -0.39 is 5.91 Å². The third-order valence-corrected chi connectivity index (χ3v) is 3.24. The monoisotopic (exact) mass is 298 g/mol. The van der Waals surface area contributed by atoms with Gasteiger partial charge in [0, 0.05) is 5.39 Å². The maximum atomic E-state index is 12.2. The van der Waals surface area contributed by atoms with Gasteiger partial charge in [0.2, 0.25) is 0 Å². The lowest BCUT2D eigenvalue weighted by Gasteiger charge is -2.07. The molecular formula is C15H11ClN4O. The molecule has 3 aromatic rings. The van der Waals surface area contributed by atoms with Gasteiger partial charge in [0.1, 0.15) is 11.5 Å². The number of carbonyl (C=O) groups is 1. The number of aromatic nitrogens is 2. The lowest BCUT2D eigenvalue weighted by atomic mass is 10.2. The average Bonchev–Trinajstić information content (AvgIpc) is 2.49. The standard InChI is InChI=1S/C15H11ClN4O/c16-11-5-6-13(17)20-14(11)15(21)19-10-7-9-3-1-2-4-12(9)18-8-10/h1-8H,(H2,17,20)(H,19,21). The summed E-state index contributed by atoms with van der Waals surface area (Å²) in [6.07, 6.45) is 1.58. The number of benzene rings is 1. The van der Waals surface area contributed by atoms with Crippen molar-refractivity contribution in [3.8, 4) is 0 Å². The normalized spacial score (nSPS) is 10.5. The molecule has 104 valence electrons. The van der Waals surface area contributed by atoms with E-state index in [1.165, 1.54) is 12.1 Å². The fourth-order valence-corrected chi connectivity index (χ4v) is 2.14. The van der Waals surface area contributed by atoms with Gasteiger partial charge >= 0.3 is 0 Å². The highest BCUT2D eigenvalue weighted by Gasteiger charge is 2.13. The molecule has 5 nitrogen and oxygen atoms in total. The molecule has 0 spiro atoms. The second-order valence-corrected chi connectivity index (χ2v) is 4.84. The van der Waals surface area contributed by atoms with Crippen LogP contribution in [0.1, 0.15) is 10.5 Å². The molecule has 0 saturated heterocycles. The number of para-hydroxylation sites is 1. The molecule has 1 amide bonds. The Kier molecular flexibility index (Phi) is 3.41. The number of anilines is 2. The molecule has 2 heterocycles. The van der Waals surface area contributed by atoms with Gasteiger partial charge in [-0.25, -0.2) is 4.98 Å². The molecule has 0 radical (unpaired) electrons. The maximum absolute atomic E-state index is 12.2. The van der Waals surface area contributed by atoms with Crippen LogP contribution in [-0.2, 0) is 0 Å². The summed E-state index contributed by atoms with van der Waals surface area (Å²) in [4.78, 5) is 20.4. The van der Waals surface area contributed by atoms with Crippen LogP contribution in [0.2, 0.25) is 5.02 Å². The predicted molar refractivity (Wildman–Crippen MR) is 83.4 cm³/mol. The van der Waals surface area contributed by atoms with Gasteiger partial charge in [-0.05, 0) is 24.3 Å². The average molecular weight is 299 g/mol. The molecule has 3 N–H and O–H groups in total. The molecule has 1 aromatic carbocycles. The van der Waals surface area contributed by atoms with E-state index in [4.69, 9.17) is 17.3 Å². The Labute approximate surface area is 125 Å². The van der Waals surface area contributed by atoms with Crippen molar-refractivity contribution in [2.75, 3.05) is 11.1 Å². The van der Waals surface area contributed by atoms with Crippen LogP contribution in [0.3, 0.4) is 0 Å². The minimum atomic E-state index is -0.426. The fourth-order valence-electron chi connectivity index (χ4n) is 1.95. The lowest BCUT2D eigenvalue weighted by Crippen LogP contribution is -2.15. The number of hydrogen-bond acceptors (Lipinski definition) is 4. The van der Waals surface area contributed by atoms with Crippen molar-refractivity contribution >= 4 is 39.9 Å². The minimum absolute atomic E-state index is 0.0878. The summed E-state index contributed by atoms with van der Waals surface area (Å²) < 4.78 is 0. The summed E-state index contributed by atoms with van der Waals surface area (Å²) in [5.74, 6) is -0.189. The Hall–Kier alpha value is -2.66. The van der Waals surface area contributed by atoms with Gasteiger partial charge in [-0.3, -0.25) is 9.78 Å². The van der Waals surface area contributed by atoms with Crippen molar-refractivity contribution in [2.24, 2.45) is 0 Å². The smallest absolute Gasteiger partial charge is 0.275 e. The highest BCUT2D eigenvalue weighted by molar-refractivity contribution is 6.34. The van der Waals surface area contributed by atoms with Crippen LogP contribution in [0.15, 0.2) is 48.7 Å². The number of amides is 1. The van der Waals surface area contributed by atoms with Gasteiger partial charge in [0.05, 0.1) is 22.4 Å². The van der Waals surface area contributed by atoms with E-state index in [1.54, 1.807) is 6.20 Å². The van der Waals surface area contributed by atoms with E-state index in [0.29, 0.717) is 5.69 Å². The number of pyridine rings is 2. The quantitative estimate of drug-likeness (QED) is 0.761. The zero-order valence-electron chi connectivity index (χ0n) is 10.9. The minimum Gasteiger partial charge on any atom is -0.384 e. The highest BCUT2D eigenvalue weighted by atomic mass is 35.5. The number of nitrogens with two attached hydrogens (primary N) is 1.